The van der Waals surface area contributed by atoms with E-state index < -0.39 is 5.97 Å². The molecule has 0 aliphatic heterocycles. The van der Waals surface area contributed by atoms with Gasteiger partial charge in [0.05, 0.1) is 21.5 Å². The second-order valence-corrected chi connectivity index (χ2v) is 6.36. The van der Waals surface area contributed by atoms with Crippen molar-refractivity contribution in [1.29, 1.82) is 0 Å². The molecule has 0 bridgehead atoms. The van der Waals surface area contributed by atoms with Gasteiger partial charge in [-0.2, -0.15) is 0 Å². The summed E-state index contributed by atoms with van der Waals surface area (Å²) in [5, 5.41) is 9.99. The molecule has 20 heavy (non-hydrogen) atoms. The number of aromatic carboxylic acids is 1. The van der Waals surface area contributed by atoms with Gasteiger partial charge in [0.15, 0.2) is 0 Å². The summed E-state index contributed by atoms with van der Waals surface area (Å²) in [4.78, 5) is 16.7. The van der Waals surface area contributed by atoms with Crippen LogP contribution in [0.4, 0.5) is 0 Å². The Labute approximate surface area is 124 Å². The Bertz CT molecular complexity index is 753. The molecular formula is C15H11NO2S2. The van der Waals surface area contributed by atoms with E-state index in [0.29, 0.717) is 5.56 Å². The summed E-state index contributed by atoms with van der Waals surface area (Å²) < 4.78 is 0.925. The smallest absolute Gasteiger partial charge is 0.335 e. The lowest BCUT2D eigenvalue weighted by Crippen LogP contribution is -1.94. The number of thioether (sulfide) groups is 1. The molecule has 0 atom stereocenters. The first-order valence-electron chi connectivity index (χ1n) is 6.03. The van der Waals surface area contributed by atoms with E-state index in [-0.39, 0.29) is 0 Å². The van der Waals surface area contributed by atoms with Gasteiger partial charge in [0.1, 0.15) is 5.01 Å². The van der Waals surface area contributed by atoms with Gasteiger partial charge in [0.2, 0.25) is 0 Å². The van der Waals surface area contributed by atoms with E-state index in [1.54, 1.807) is 41.3 Å². The second-order valence-electron chi connectivity index (χ2n) is 4.20. The third kappa shape index (κ3) is 2.84. The molecule has 3 rings (SSSR count). The van der Waals surface area contributed by atoms with Gasteiger partial charge < -0.3 is 5.11 Å². The molecule has 0 fully saturated rings. The highest BCUT2D eigenvalue weighted by atomic mass is 32.2. The molecule has 0 unspecified atom stereocenters. The highest BCUT2D eigenvalue weighted by Crippen LogP contribution is 2.29. The number of carbonyl (C=O) groups is 1. The molecule has 5 heteroatoms. The van der Waals surface area contributed by atoms with Crippen molar-refractivity contribution in [2.24, 2.45) is 0 Å². The van der Waals surface area contributed by atoms with Crippen molar-refractivity contribution in [2.75, 3.05) is 0 Å². The van der Waals surface area contributed by atoms with E-state index in [9.17, 15) is 4.79 Å². The maximum Gasteiger partial charge on any atom is 0.335 e. The third-order valence-electron chi connectivity index (χ3n) is 2.79. The van der Waals surface area contributed by atoms with Gasteiger partial charge in [-0.15, -0.1) is 23.1 Å². The number of benzene rings is 2. The van der Waals surface area contributed by atoms with Crippen molar-refractivity contribution >= 4 is 39.3 Å². The number of carboxylic acid groups (broad SMARTS) is 1. The summed E-state index contributed by atoms with van der Waals surface area (Å²) in [7, 11) is 0. The van der Waals surface area contributed by atoms with Crippen LogP contribution in [0.15, 0.2) is 53.4 Å². The van der Waals surface area contributed by atoms with Crippen LogP contribution in [0.1, 0.15) is 15.4 Å². The molecule has 0 saturated carbocycles. The minimum atomic E-state index is -0.902. The number of aromatic nitrogens is 1. The van der Waals surface area contributed by atoms with Crippen LogP contribution in [0.2, 0.25) is 0 Å². The topological polar surface area (TPSA) is 50.2 Å². The van der Waals surface area contributed by atoms with Gasteiger partial charge in [-0.25, -0.2) is 9.78 Å². The number of carboxylic acids is 1. The van der Waals surface area contributed by atoms with Crippen molar-refractivity contribution < 1.29 is 9.90 Å². The first-order chi connectivity index (χ1) is 9.72. The highest BCUT2D eigenvalue weighted by Gasteiger charge is 2.08. The molecule has 100 valence electrons. The normalized spacial score (nSPS) is 10.8. The lowest BCUT2D eigenvalue weighted by molar-refractivity contribution is 0.0697. The van der Waals surface area contributed by atoms with Gasteiger partial charge in [-0.05, 0) is 30.3 Å². The fourth-order valence-electron chi connectivity index (χ4n) is 1.83. The first-order valence-corrected chi connectivity index (χ1v) is 7.83. The third-order valence-corrected chi connectivity index (χ3v) is 5.01. The Kier molecular flexibility index (Phi) is 3.71. The monoisotopic (exact) mass is 301 g/mol. The van der Waals surface area contributed by atoms with Crippen molar-refractivity contribution in [1.82, 2.24) is 4.98 Å². The Morgan fingerprint density at radius 1 is 1.20 bits per heavy atom. The standard InChI is InChI=1S/C15H11NO2S2/c17-15(18)10-6-7-12-13(8-10)20-14(16-12)9-19-11-4-2-1-3-5-11/h1-8H,9H2,(H,17,18). The summed E-state index contributed by atoms with van der Waals surface area (Å²) in [6, 6.07) is 15.2. The zero-order valence-corrected chi connectivity index (χ0v) is 12.1. The van der Waals surface area contributed by atoms with Crippen LogP contribution in [-0.4, -0.2) is 16.1 Å². The summed E-state index contributed by atoms with van der Waals surface area (Å²) >= 11 is 3.28. The quantitative estimate of drug-likeness (QED) is 0.730. The van der Waals surface area contributed by atoms with Crippen LogP contribution in [0, 0.1) is 0 Å². The maximum absolute atomic E-state index is 10.9. The lowest BCUT2D eigenvalue weighted by Gasteiger charge is -1.97. The largest absolute Gasteiger partial charge is 0.478 e. The second kappa shape index (κ2) is 5.64. The summed E-state index contributed by atoms with van der Waals surface area (Å²) in [5.74, 6) is -0.105. The van der Waals surface area contributed by atoms with Crippen LogP contribution in [0.25, 0.3) is 10.2 Å². The molecular weight excluding hydrogens is 290 g/mol. The SMILES string of the molecule is O=C(O)c1ccc2nc(CSc3ccccc3)sc2c1. The Morgan fingerprint density at radius 2 is 2.00 bits per heavy atom. The predicted octanol–water partition coefficient (Wildman–Crippen LogP) is 4.29. The molecule has 0 aliphatic rings. The van der Waals surface area contributed by atoms with E-state index in [1.165, 1.54) is 4.90 Å². The molecule has 0 aliphatic carbocycles. The summed E-state index contributed by atoms with van der Waals surface area (Å²) in [5.41, 5.74) is 1.17. The van der Waals surface area contributed by atoms with E-state index in [2.05, 4.69) is 17.1 Å². The number of hydrogen-bond donors (Lipinski definition) is 1. The first kappa shape index (κ1) is 13.1. The number of thiazole rings is 1. The van der Waals surface area contributed by atoms with Gasteiger partial charge in [0, 0.05) is 4.90 Å². The number of rotatable bonds is 4. The fraction of sp³-hybridized carbons (Fsp3) is 0.0667. The van der Waals surface area contributed by atoms with Crippen LogP contribution in [-0.2, 0) is 5.75 Å². The Balaban J connectivity index is 1.80. The van der Waals surface area contributed by atoms with Crippen LogP contribution < -0.4 is 0 Å². The van der Waals surface area contributed by atoms with E-state index in [0.717, 1.165) is 21.0 Å². The lowest BCUT2D eigenvalue weighted by atomic mass is 10.2. The molecule has 1 N–H and O–H groups in total. The van der Waals surface area contributed by atoms with E-state index in [4.69, 9.17) is 5.11 Å². The molecule has 0 saturated heterocycles. The molecule has 0 spiro atoms. The zero-order valence-electron chi connectivity index (χ0n) is 10.4. The molecule has 3 nitrogen and oxygen atoms in total. The van der Waals surface area contributed by atoms with Crippen molar-refractivity contribution in [2.45, 2.75) is 10.6 Å². The molecule has 0 amide bonds. The van der Waals surface area contributed by atoms with Crippen LogP contribution >= 0.6 is 23.1 Å². The zero-order chi connectivity index (χ0) is 13.9. The van der Waals surface area contributed by atoms with Gasteiger partial charge in [0.25, 0.3) is 0 Å². The van der Waals surface area contributed by atoms with Gasteiger partial charge in [-0.1, -0.05) is 18.2 Å². The minimum Gasteiger partial charge on any atom is -0.478 e. The van der Waals surface area contributed by atoms with Crippen molar-refractivity contribution in [3.05, 3.63) is 59.1 Å². The summed E-state index contributed by atoms with van der Waals surface area (Å²) in [6.45, 7) is 0. The number of nitrogens with zero attached hydrogens (tertiary/aromatic N) is 1. The fourth-order valence-corrected chi connectivity index (χ4v) is 3.75. The summed E-state index contributed by atoms with van der Waals surface area (Å²) in [6.07, 6.45) is 0. The van der Waals surface area contributed by atoms with E-state index >= 15 is 0 Å². The van der Waals surface area contributed by atoms with Crippen molar-refractivity contribution in [3.8, 4) is 0 Å². The van der Waals surface area contributed by atoms with E-state index in [1.807, 2.05) is 18.2 Å². The van der Waals surface area contributed by atoms with Crippen LogP contribution in [0.5, 0.6) is 0 Å². The molecule has 3 aromatic rings. The number of fused-ring (bicyclic) bond motifs is 1. The molecule has 0 radical (unpaired) electrons. The average molecular weight is 301 g/mol. The molecule has 1 aromatic heterocycles. The highest BCUT2D eigenvalue weighted by molar-refractivity contribution is 7.98. The Morgan fingerprint density at radius 3 is 2.75 bits per heavy atom. The molecule has 1 heterocycles. The predicted molar refractivity (Wildman–Crippen MR) is 82.6 cm³/mol. The minimum absolute atomic E-state index is 0.309. The van der Waals surface area contributed by atoms with Gasteiger partial charge in [-0.3, -0.25) is 0 Å². The average Bonchev–Trinajstić information content (AvgIpc) is 2.88. The molecule has 2 aromatic carbocycles. The maximum atomic E-state index is 10.9. The van der Waals surface area contributed by atoms with Crippen molar-refractivity contribution in [3.63, 3.8) is 0 Å². The van der Waals surface area contributed by atoms with Gasteiger partial charge >= 0.3 is 5.97 Å². The number of hydrogen-bond acceptors (Lipinski definition) is 4. The van der Waals surface area contributed by atoms with Crippen LogP contribution in [0.3, 0.4) is 0 Å². The Hall–Kier alpha value is -1.85.